The van der Waals surface area contributed by atoms with Crippen LogP contribution in [0.5, 0.6) is 0 Å². The molecule has 3 rings (SSSR count). The first-order valence-corrected chi connectivity index (χ1v) is 10.7. The molecule has 2 nitrogen and oxygen atoms in total. The summed E-state index contributed by atoms with van der Waals surface area (Å²) < 4.78 is 12.3. The molecule has 3 aromatic carbocycles. The van der Waals surface area contributed by atoms with Crippen molar-refractivity contribution < 1.29 is 9.36 Å². The predicted molar refractivity (Wildman–Crippen MR) is 120 cm³/mol. The van der Waals surface area contributed by atoms with Gasteiger partial charge >= 0.3 is 0 Å². The summed E-state index contributed by atoms with van der Waals surface area (Å²) in [5.41, 5.74) is 6.08. The normalized spacial score (nSPS) is 12.7. The van der Waals surface area contributed by atoms with Crippen molar-refractivity contribution >= 4 is 14.2 Å². The third-order valence-corrected chi connectivity index (χ3v) is 6.18. The van der Waals surface area contributed by atoms with E-state index in [1.54, 1.807) is 0 Å². The fourth-order valence-corrected chi connectivity index (χ4v) is 4.59. The highest BCUT2D eigenvalue weighted by molar-refractivity contribution is 7.24. The van der Waals surface area contributed by atoms with Crippen LogP contribution in [0.3, 0.4) is 0 Å². The second-order valence-electron chi connectivity index (χ2n) is 8.56. The fourth-order valence-electron chi connectivity index (χ4n) is 3.74. The summed E-state index contributed by atoms with van der Waals surface area (Å²) >= 11 is 0. The van der Waals surface area contributed by atoms with Crippen LogP contribution < -0.4 is 0 Å². The zero-order chi connectivity index (χ0) is 21.2. The minimum atomic E-state index is -0.370. The molecule has 1 unspecified atom stereocenters. The molecule has 0 saturated carbocycles. The van der Waals surface area contributed by atoms with Crippen LogP contribution in [0.4, 0.5) is 0 Å². The molecule has 0 bridgehead atoms. The van der Waals surface area contributed by atoms with E-state index in [0.29, 0.717) is 11.1 Å². The molecular formula is C26H27O2P. The molecule has 0 radical (unpaired) electrons. The van der Waals surface area contributed by atoms with Crippen molar-refractivity contribution in [1.29, 1.82) is 0 Å². The van der Waals surface area contributed by atoms with Crippen LogP contribution in [-0.4, -0.2) is 5.78 Å². The van der Waals surface area contributed by atoms with E-state index in [4.69, 9.17) is 0 Å². The highest BCUT2D eigenvalue weighted by Crippen LogP contribution is 2.40. The minimum absolute atomic E-state index is 0.0169. The Morgan fingerprint density at radius 1 is 0.828 bits per heavy atom. The average Bonchev–Trinajstić information content (AvgIpc) is 2.70. The van der Waals surface area contributed by atoms with Gasteiger partial charge < -0.3 is 0 Å². The standard InChI is InChI=1S/C26H27O2P/c1-17-9-8-10-18(2)23(17)25(29-28)22-12-7-6-11-21(22)24(27)19-13-15-20(16-14-19)26(3,4)5/h6-16,25H,1-5H3. The molecule has 0 spiro atoms. The molecule has 0 fully saturated rings. The summed E-state index contributed by atoms with van der Waals surface area (Å²) in [6.45, 7) is 10.5. The molecule has 29 heavy (non-hydrogen) atoms. The van der Waals surface area contributed by atoms with Gasteiger partial charge in [0.2, 0.25) is 0 Å². The number of aryl methyl sites for hydroxylation is 2. The van der Waals surface area contributed by atoms with Crippen molar-refractivity contribution in [1.82, 2.24) is 0 Å². The third-order valence-electron chi connectivity index (χ3n) is 5.43. The van der Waals surface area contributed by atoms with E-state index in [9.17, 15) is 9.36 Å². The van der Waals surface area contributed by atoms with Crippen LogP contribution in [-0.2, 0) is 9.98 Å². The maximum absolute atomic E-state index is 13.3. The summed E-state index contributed by atoms with van der Waals surface area (Å²) in [5, 5.41) is 0. The Bertz CT molecular complexity index is 1020. The van der Waals surface area contributed by atoms with Crippen molar-refractivity contribution in [3.63, 3.8) is 0 Å². The first-order chi connectivity index (χ1) is 13.7. The Morgan fingerprint density at radius 3 is 1.97 bits per heavy atom. The van der Waals surface area contributed by atoms with Gasteiger partial charge in [0.05, 0.1) is 5.66 Å². The highest BCUT2D eigenvalue weighted by Gasteiger charge is 2.24. The number of hydrogen-bond donors (Lipinski definition) is 0. The van der Waals surface area contributed by atoms with E-state index >= 15 is 0 Å². The van der Waals surface area contributed by atoms with Crippen molar-refractivity contribution in [2.45, 2.75) is 45.7 Å². The second-order valence-corrected chi connectivity index (χ2v) is 9.28. The first-order valence-electron chi connectivity index (χ1n) is 9.86. The predicted octanol–water partition coefficient (Wildman–Crippen LogP) is 7.21. The van der Waals surface area contributed by atoms with Gasteiger partial charge in [-0.2, -0.15) is 0 Å². The number of hydrogen-bond acceptors (Lipinski definition) is 2. The van der Waals surface area contributed by atoms with E-state index in [1.165, 1.54) is 5.56 Å². The van der Waals surface area contributed by atoms with Gasteiger partial charge in [-0.15, -0.1) is 0 Å². The number of rotatable bonds is 5. The number of carbonyl (C=O) groups excluding carboxylic acids is 1. The van der Waals surface area contributed by atoms with Gasteiger partial charge in [0, 0.05) is 11.1 Å². The molecule has 3 heteroatoms. The SMILES string of the molecule is Cc1cccc(C)c1C(P=O)c1ccccc1C(=O)c1ccc(C(C)(C)C)cc1. The Labute approximate surface area is 175 Å². The molecule has 0 aliphatic rings. The van der Waals surface area contributed by atoms with Crippen molar-refractivity contribution in [3.05, 3.63) is 106 Å². The van der Waals surface area contributed by atoms with Gasteiger partial charge in [-0.1, -0.05) is 87.5 Å². The molecule has 0 aromatic heterocycles. The Kier molecular flexibility index (Phi) is 6.15. The molecule has 0 amide bonds. The summed E-state index contributed by atoms with van der Waals surface area (Å²) in [4.78, 5) is 13.3. The number of carbonyl (C=O) groups is 1. The van der Waals surface area contributed by atoms with Crippen LogP contribution in [0, 0.1) is 13.8 Å². The van der Waals surface area contributed by atoms with Gasteiger partial charge in [0.15, 0.2) is 14.2 Å². The van der Waals surface area contributed by atoms with Gasteiger partial charge in [-0.25, -0.2) is 0 Å². The van der Waals surface area contributed by atoms with E-state index in [0.717, 1.165) is 22.3 Å². The molecule has 3 aromatic rings. The summed E-state index contributed by atoms with van der Waals surface area (Å²) in [5.74, 6) is -0.0408. The van der Waals surface area contributed by atoms with E-state index in [2.05, 4.69) is 20.8 Å². The third kappa shape index (κ3) is 4.38. The van der Waals surface area contributed by atoms with E-state index in [1.807, 2.05) is 80.6 Å². The van der Waals surface area contributed by atoms with Crippen LogP contribution >= 0.6 is 8.46 Å². The molecule has 0 aliphatic carbocycles. The van der Waals surface area contributed by atoms with Crippen molar-refractivity contribution in [2.75, 3.05) is 0 Å². The Morgan fingerprint density at radius 2 is 1.41 bits per heavy atom. The summed E-state index contributed by atoms with van der Waals surface area (Å²) in [7, 11) is -0.0169. The van der Waals surface area contributed by atoms with Crippen LogP contribution in [0.1, 0.15) is 70.2 Å². The first kappa shape index (κ1) is 21.1. The summed E-state index contributed by atoms with van der Waals surface area (Å²) in [6.07, 6.45) is 0. The van der Waals surface area contributed by atoms with Gasteiger partial charge in [0.25, 0.3) is 0 Å². The molecule has 0 saturated heterocycles. The van der Waals surface area contributed by atoms with Crippen LogP contribution in [0.2, 0.25) is 0 Å². The topological polar surface area (TPSA) is 34.1 Å². The average molecular weight is 402 g/mol. The molecule has 0 heterocycles. The lowest BCUT2D eigenvalue weighted by molar-refractivity contribution is 0.103. The van der Waals surface area contributed by atoms with Gasteiger partial charge in [0.1, 0.15) is 0 Å². The van der Waals surface area contributed by atoms with Crippen molar-refractivity contribution in [3.8, 4) is 0 Å². The lowest BCUT2D eigenvalue weighted by Gasteiger charge is -2.20. The highest BCUT2D eigenvalue weighted by atomic mass is 31.1. The zero-order valence-electron chi connectivity index (χ0n) is 17.7. The molecular weight excluding hydrogens is 375 g/mol. The lowest BCUT2D eigenvalue weighted by atomic mass is 9.85. The Balaban J connectivity index is 2.07. The maximum atomic E-state index is 13.3. The van der Waals surface area contributed by atoms with Gasteiger partial charge in [-0.05, 0) is 47.1 Å². The monoisotopic (exact) mass is 402 g/mol. The zero-order valence-corrected chi connectivity index (χ0v) is 18.6. The fraction of sp³-hybridized carbons (Fsp3) is 0.269. The molecule has 148 valence electrons. The van der Waals surface area contributed by atoms with Crippen LogP contribution in [0.15, 0.2) is 66.7 Å². The van der Waals surface area contributed by atoms with Gasteiger partial charge in [-0.3, -0.25) is 9.36 Å². The number of ketones is 1. The van der Waals surface area contributed by atoms with E-state index < -0.39 is 0 Å². The lowest BCUT2D eigenvalue weighted by Crippen LogP contribution is -2.12. The number of benzene rings is 3. The van der Waals surface area contributed by atoms with E-state index in [-0.39, 0.29) is 25.3 Å². The smallest absolute Gasteiger partial charge is 0.193 e. The molecule has 0 N–H and O–H groups in total. The maximum Gasteiger partial charge on any atom is 0.193 e. The molecule has 1 atom stereocenters. The molecule has 0 aliphatic heterocycles. The largest absolute Gasteiger partial charge is 0.289 e. The minimum Gasteiger partial charge on any atom is -0.289 e. The second kappa shape index (κ2) is 8.43. The van der Waals surface area contributed by atoms with Crippen molar-refractivity contribution in [2.24, 2.45) is 0 Å². The summed E-state index contributed by atoms with van der Waals surface area (Å²) in [6, 6.07) is 21.4. The van der Waals surface area contributed by atoms with Crippen LogP contribution in [0.25, 0.3) is 0 Å². The Hall–Kier alpha value is -2.57. The quantitative estimate of drug-likeness (QED) is 0.334.